The Labute approximate surface area is 134 Å². The van der Waals surface area contributed by atoms with Gasteiger partial charge in [0.1, 0.15) is 0 Å². The molecule has 0 saturated carbocycles. The molecule has 0 radical (unpaired) electrons. The van der Waals surface area contributed by atoms with E-state index in [2.05, 4.69) is 62.3 Å². The van der Waals surface area contributed by atoms with Crippen molar-refractivity contribution in [2.45, 2.75) is 10.9 Å². The second-order valence-electron chi connectivity index (χ2n) is 4.11. The monoisotopic (exact) mass is 394 g/mol. The predicted molar refractivity (Wildman–Crippen MR) is 87.9 cm³/mol. The van der Waals surface area contributed by atoms with Gasteiger partial charge in [-0.15, -0.1) is 15.0 Å². The Balaban J connectivity index is 1.67. The van der Waals surface area contributed by atoms with Gasteiger partial charge >= 0.3 is 0 Å². The molecule has 0 aliphatic heterocycles. The van der Waals surface area contributed by atoms with Gasteiger partial charge < -0.3 is 0 Å². The molecule has 0 unspecified atom stereocenters. The topological polar surface area (TPSA) is 43.6 Å². The van der Waals surface area contributed by atoms with Crippen LogP contribution < -0.4 is 0 Å². The molecule has 2 aromatic carbocycles. The van der Waals surface area contributed by atoms with Gasteiger partial charge in [-0.25, -0.2) is 0 Å². The van der Waals surface area contributed by atoms with E-state index < -0.39 is 0 Å². The van der Waals surface area contributed by atoms with Crippen molar-refractivity contribution in [1.29, 1.82) is 0 Å². The van der Waals surface area contributed by atoms with Crippen LogP contribution in [0.4, 0.5) is 0 Å². The molecule has 1 heterocycles. The van der Waals surface area contributed by atoms with Crippen LogP contribution in [0.3, 0.4) is 0 Å². The number of hydrogen-bond acceptors (Lipinski definition) is 4. The largest absolute Gasteiger partial charge is 0.231 e. The summed E-state index contributed by atoms with van der Waals surface area (Å²) in [7, 11) is 0. The number of rotatable bonds is 4. The van der Waals surface area contributed by atoms with E-state index in [1.54, 1.807) is 16.6 Å². The zero-order chi connectivity index (χ0) is 13.8. The Hall–Kier alpha value is -1.41. The van der Waals surface area contributed by atoms with Crippen LogP contribution in [0.15, 0.2) is 59.8 Å². The number of tetrazole rings is 1. The molecule has 6 heteroatoms. The number of benzene rings is 2. The highest BCUT2D eigenvalue weighted by Gasteiger charge is 2.05. The molecule has 0 N–H and O–H groups in total. The first kappa shape index (κ1) is 13.6. The van der Waals surface area contributed by atoms with Gasteiger partial charge in [0.25, 0.3) is 0 Å². The first-order valence-corrected chi connectivity index (χ1v) is 8.10. The van der Waals surface area contributed by atoms with E-state index >= 15 is 0 Å². The SMILES string of the molecule is Ic1ccc(CSc2nnn(-c3ccccc3)n2)cc1. The summed E-state index contributed by atoms with van der Waals surface area (Å²) in [5.41, 5.74) is 2.17. The van der Waals surface area contributed by atoms with Crippen LogP contribution >= 0.6 is 34.4 Å². The van der Waals surface area contributed by atoms with E-state index in [4.69, 9.17) is 0 Å². The van der Waals surface area contributed by atoms with E-state index in [0.717, 1.165) is 11.4 Å². The van der Waals surface area contributed by atoms with Crippen LogP contribution in [-0.2, 0) is 5.75 Å². The van der Waals surface area contributed by atoms with Crippen molar-refractivity contribution >= 4 is 34.4 Å². The number of para-hydroxylation sites is 1. The van der Waals surface area contributed by atoms with Crippen molar-refractivity contribution in [1.82, 2.24) is 20.2 Å². The molecule has 1 aromatic heterocycles. The Morgan fingerprint density at radius 3 is 2.50 bits per heavy atom. The van der Waals surface area contributed by atoms with Crippen molar-refractivity contribution in [3.05, 3.63) is 63.7 Å². The second kappa shape index (κ2) is 6.36. The Bertz CT molecular complexity index is 682. The summed E-state index contributed by atoms with van der Waals surface area (Å²) < 4.78 is 1.24. The van der Waals surface area contributed by atoms with E-state index in [9.17, 15) is 0 Å². The summed E-state index contributed by atoms with van der Waals surface area (Å²) in [6, 6.07) is 18.2. The number of aromatic nitrogens is 4. The lowest BCUT2D eigenvalue weighted by Crippen LogP contribution is -1.97. The van der Waals surface area contributed by atoms with Crippen LogP contribution in [0, 0.1) is 3.57 Å². The molecule has 0 fully saturated rings. The summed E-state index contributed by atoms with van der Waals surface area (Å²) in [4.78, 5) is 1.55. The molecule has 3 aromatic rings. The lowest BCUT2D eigenvalue weighted by molar-refractivity contribution is 0.717. The lowest BCUT2D eigenvalue weighted by Gasteiger charge is -1.98. The minimum atomic E-state index is 0.687. The molecule has 0 atom stereocenters. The van der Waals surface area contributed by atoms with Gasteiger partial charge in [0.2, 0.25) is 5.16 Å². The zero-order valence-electron chi connectivity index (χ0n) is 10.5. The van der Waals surface area contributed by atoms with Crippen molar-refractivity contribution in [3.8, 4) is 5.69 Å². The fourth-order valence-electron chi connectivity index (χ4n) is 1.66. The van der Waals surface area contributed by atoms with Crippen LogP contribution in [0.25, 0.3) is 5.69 Å². The summed E-state index contributed by atoms with van der Waals surface area (Å²) in [6.45, 7) is 0. The normalized spacial score (nSPS) is 10.7. The molecular formula is C14H11IN4S. The predicted octanol–water partition coefficient (Wildman–Crippen LogP) is 3.56. The first-order valence-electron chi connectivity index (χ1n) is 6.04. The number of halogens is 1. The highest BCUT2D eigenvalue weighted by atomic mass is 127. The smallest absolute Gasteiger partial charge is 0.130 e. The summed E-state index contributed by atoms with van der Waals surface area (Å²) in [6.07, 6.45) is 0. The Morgan fingerprint density at radius 1 is 1.00 bits per heavy atom. The molecular weight excluding hydrogens is 383 g/mol. The number of thioether (sulfide) groups is 1. The van der Waals surface area contributed by atoms with Crippen LogP contribution in [-0.4, -0.2) is 20.2 Å². The standard InChI is InChI=1S/C14H11IN4S/c15-12-8-6-11(7-9-12)10-20-14-16-18-19(17-14)13-4-2-1-3-5-13/h1-9H,10H2. The third kappa shape index (κ3) is 3.37. The van der Waals surface area contributed by atoms with Gasteiger partial charge in [-0.2, -0.15) is 0 Å². The molecule has 100 valence electrons. The van der Waals surface area contributed by atoms with Gasteiger partial charge in [-0.1, -0.05) is 42.1 Å². The molecule has 0 aliphatic carbocycles. The van der Waals surface area contributed by atoms with Gasteiger partial charge in [0.15, 0.2) is 0 Å². The van der Waals surface area contributed by atoms with Crippen molar-refractivity contribution < 1.29 is 0 Å². The van der Waals surface area contributed by atoms with Gasteiger partial charge in [-0.3, -0.25) is 0 Å². The second-order valence-corrected chi connectivity index (χ2v) is 6.30. The maximum atomic E-state index is 4.37. The van der Waals surface area contributed by atoms with Crippen LogP contribution in [0.1, 0.15) is 5.56 Å². The Kier molecular flexibility index (Phi) is 4.31. The highest BCUT2D eigenvalue weighted by molar-refractivity contribution is 14.1. The fourth-order valence-corrected chi connectivity index (χ4v) is 2.74. The van der Waals surface area contributed by atoms with Gasteiger partial charge in [-0.05, 0) is 57.6 Å². The van der Waals surface area contributed by atoms with E-state index in [1.165, 1.54) is 9.13 Å². The minimum absolute atomic E-state index is 0.687. The molecule has 0 bridgehead atoms. The van der Waals surface area contributed by atoms with Gasteiger partial charge in [0, 0.05) is 9.32 Å². The number of hydrogen-bond donors (Lipinski definition) is 0. The third-order valence-electron chi connectivity index (χ3n) is 2.66. The average Bonchev–Trinajstić information content (AvgIpc) is 2.97. The quantitative estimate of drug-likeness (QED) is 0.502. The maximum absolute atomic E-state index is 4.37. The maximum Gasteiger partial charge on any atom is 0.231 e. The van der Waals surface area contributed by atoms with Crippen molar-refractivity contribution in [2.75, 3.05) is 0 Å². The minimum Gasteiger partial charge on any atom is -0.130 e. The molecule has 4 nitrogen and oxygen atoms in total. The summed E-state index contributed by atoms with van der Waals surface area (Å²) in [5.74, 6) is 0.845. The van der Waals surface area contributed by atoms with E-state index in [0.29, 0.717) is 5.16 Å². The lowest BCUT2D eigenvalue weighted by atomic mass is 10.2. The van der Waals surface area contributed by atoms with Crippen molar-refractivity contribution in [2.24, 2.45) is 0 Å². The van der Waals surface area contributed by atoms with E-state index in [-0.39, 0.29) is 0 Å². The fraction of sp³-hybridized carbons (Fsp3) is 0.0714. The third-order valence-corrected chi connectivity index (χ3v) is 4.28. The molecule has 0 amide bonds. The first-order chi connectivity index (χ1) is 9.81. The molecule has 0 saturated heterocycles. The summed E-state index contributed by atoms with van der Waals surface area (Å²) >= 11 is 3.89. The number of nitrogens with zero attached hydrogens (tertiary/aromatic N) is 4. The van der Waals surface area contributed by atoms with Crippen molar-refractivity contribution in [3.63, 3.8) is 0 Å². The van der Waals surface area contributed by atoms with Crippen LogP contribution in [0.2, 0.25) is 0 Å². The van der Waals surface area contributed by atoms with Crippen LogP contribution in [0.5, 0.6) is 0 Å². The van der Waals surface area contributed by atoms with Gasteiger partial charge in [0.05, 0.1) is 5.69 Å². The molecule has 3 rings (SSSR count). The average molecular weight is 394 g/mol. The molecule has 20 heavy (non-hydrogen) atoms. The Morgan fingerprint density at radius 2 is 1.75 bits per heavy atom. The zero-order valence-corrected chi connectivity index (χ0v) is 13.5. The van der Waals surface area contributed by atoms with E-state index in [1.807, 2.05) is 30.3 Å². The molecule has 0 aliphatic rings. The highest BCUT2D eigenvalue weighted by Crippen LogP contribution is 2.19. The molecule has 0 spiro atoms. The summed E-state index contributed by atoms with van der Waals surface area (Å²) in [5, 5.41) is 13.2.